The predicted octanol–water partition coefficient (Wildman–Crippen LogP) is 4.30. The zero-order valence-corrected chi connectivity index (χ0v) is 13.8. The van der Waals surface area contributed by atoms with Crippen LogP contribution in [0.4, 0.5) is 0 Å². The van der Waals surface area contributed by atoms with Crippen LogP contribution >= 0.6 is 11.3 Å². The lowest BCUT2D eigenvalue weighted by molar-refractivity contribution is 0.413. The molecule has 1 aromatic carbocycles. The normalized spacial score (nSPS) is 12.3. The first-order valence-corrected chi connectivity index (χ1v) is 8.58. The third-order valence-corrected chi connectivity index (χ3v) is 4.60. The van der Waals surface area contributed by atoms with Gasteiger partial charge in [-0.25, -0.2) is 0 Å². The van der Waals surface area contributed by atoms with Crippen LogP contribution in [-0.2, 0) is 12.8 Å². The molecule has 1 heterocycles. The van der Waals surface area contributed by atoms with Gasteiger partial charge in [0.05, 0.1) is 7.11 Å². The molecule has 1 unspecified atom stereocenters. The molecule has 0 bridgehead atoms. The number of hydrogen-bond acceptors (Lipinski definition) is 3. The van der Waals surface area contributed by atoms with Gasteiger partial charge in [-0.2, -0.15) is 0 Å². The Hall–Kier alpha value is -1.32. The topological polar surface area (TPSA) is 21.3 Å². The average Bonchev–Trinajstić information content (AvgIpc) is 3.01. The Kier molecular flexibility index (Phi) is 6.77. The summed E-state index contributed by atoms with van der Waals surface area (Å²) in [5.74, 6) is 0.946. The fourth-order valence-electron chi connectivity index (χ4n) is 2.63. The van der Waals surface area contributed by atoms with E-state index in [-0.39, 0.29) is 0 Å². The Morgan fingerprint density at radius 3 is 2.86 bits per heavy atom. The molecule has 2 aromatic rings. The monoisotopic (exact) mass is 303 g/mol. The van der Waals surface area contributed by atoms with Gasteiger partial charge in [0.1, 0.15) is 5.75 Å². The van der Waals surface area contributed by atoms with Gasteiger partial charge < -0.3 is 10.1 Å². The number of aryl methyl sites for hydroxylation is 1. The Bertz CT molecular complexity index is 510. The first-order valence-electron chi connectivity index (χ1n) is 7.70. The van der Waals surface area contributed by atoms with Gasteiger partial charge in [-0.1, -0.05) is 25.1 Å². The lowest BCUT2D eigenvalue weighted by atomic mass is 10.0. The molecule has 0 fully saturated rings. The molecule has 0 spiro atoms. The Morgan fingerprint density at radius 1 is 1.24 bits per heavy atom. The van der Waals surface area contributed by atoms with Crippen LogP contribution in [0.15, 0.2) is 41.8 Å². The molecule has 3 heteroatoms. The number of likely N-dealkylation sites (N-methyl/N-ethyl adjacent to an activating group) is 1. The fourth-order valence-corrected chi connectivity index (χ4v) is 3.38. The van der Waals surface area contributed by atoms with Crippen LogP contribution in [0, 0.1) is 0 Å². The van der Waals surface area contributed by atoms with E-state index in [4.69, 9.17) is 4.74 Å². The van der Waals surface area contributed by atoms with Crippen molar-refractivity contribution >= 4 is 11.3 Å². The van der Waals surface area contributed by atoms with E-state index < -0.39 is 0 Å². The van der Waals surface area contributed by atoms with Gasteiger partial charge >= 0.3 is 0 Å². The minimum atomic E-state index is 0.544. The summed E-state index contributed by atoms with van der Waals surface area (Å²) in [6.07, 6.45) is 4.71. The molecule has 0 aliphatic carbocycles. The molecule has 0 amide bonds. The molecule has 0 radical (unpaired) electrons. The maximum Gasteiger partial charge on any atom is 0.119 e. The van der Waals surface area contributed by atoms with Crippen LogP contribution in [0.1, 0.15) is 30.2 Å². The van der Waals surface area contributed by atoms with Gasteiger partial charge in [0.15, 0.2) is 0 Å². The number of rotatable bonds is 9. The third-order valence-electron chi connectivity index (χ3n) is 3.66. The number of nitrogens with one attached hydrogen (secondary N) is 1. The molecule has 2 nitrogen and oxygen atoms in total. The molecule has 0 saturated heterocycles. The van der Waals surface area contributed by atoms with Crippen LogP contribution in [0.3, 0.4) is 0 Å². The van der Waals surface area contributed by atoms with Crippen molar-refractivity contribution in [1.82, 2.24) is 5.32 Å². The zero-order valence-electron chi connectivity index (χ0n) is 13.0. The van der Waals surface area contributed by atoms with Crippen LogP contribution in [0.25, 0.3) is 0 Å². The summed E-state index contributed by atoms with van der Waals surface area (Å²) in [4.78, 5) is 1.49. The highest BCUT2D eigenvalue weighted by molar-refractivity contribution is 7.09. The molecule has 0 aliphatic heterocycles. The summed E-state index contributed by atoms with van der Waals surface area (Å²) < 4.78 is 5.31. The Morgan fingerprint density at radius 2 is 2.14 bits per heavy atom. The highest BCUT2D eigenvalue weighted by atomic mass is 32.1. The first-order chi connectivity index (χ1) is 10.3. The summed E-state index contributed by atoms with van der Waals surface area (Å²) in [5, 5.41) is 5.77. The number of methoxy groups -OCH3 is 1. The molecular weight excluding hydrogens is 278 g/mol. The van der Waals surface area contributed by atoms with Gasteiger partial charge in [-0.15, -0.1) is 11.3 Å². The SMILES string of the molecule is CCNC(CCCc1cccs1)Cc1cccc(OC)c1. The van der Waals surface area contributed by atoms with Crippen molar-refractivity contribution in [2.45, 2.75) is 38.6 Å². The van der Waals surface area contributed by atoms with E-state index in [2.05, 4.69) is 48.0 Å². The van der Waals surface area contributed by atoms with Crippen molar-refractivity contribution < 1.29 is 4.74 Å². The molecule has 2 rings (SSSR count). The lowest BCUT2D eigenvalue weighted by Gasteiger charge is -2.18. The number of hydrogen-bond donors (Lipinski definition) is 1. The summed E-state index contributed by atoms with van der Waals surface area (Å²) in [5.41, 5.74) is 1.34. The molecule has 21 heavy (non-hydrogen) atoms. The molecular formula is C18H25NOS. The molecule has 1 N–H and O–H groups in total. The second-order valence-corrected chi connectivity index (χ2v) is 6.31. The van der Waals surface area contributed by atoms with Crippen molar-refractivity contribution in [3.8, 4) is 5.75 Å². The second-order valence-electron chi connectivity index (χ2n) is 5.28. The van der Waals surface area contributed by atoms with E-state index in [0.717, 1.165) is 18.7 Å². The third kappa shape index (κ3) is 5.52. The summed E-state index contributed by atoms with van der Waals surface area (Å²) in [6, 6.07) is 13.3. The van der Waals surface area contributed by atoms with E-state index in [1.807, 2.05) is 17.4 Å². The first kappa shape index (κ1) is 16.1. The smallest absolute Gasteiger partial charge is 0.119 e. The summed E-state index contributed by atoms with van der Waals surface area (Å²) >= 11 is 1.86. The van der Waals surface area contributed by atoms with Crippen LogP contribution in [-0.4, -0.2) is 19.7 Å². The van der Waals surface area contributed by atoms with Crippen molar-refractivity contribution in [3.63, 3.8) is 0 Å². The number of ether oxygens (including phenoxy) is 1. The van der Waals surface area contributed by atoms with Crippen molar-refractivity contribution in [2.24, 2.45) is 0 Å². The molecule has 0 saturated carbocycles. The maximum atomic E-state index is 5.31. The van der Waals surface area contributed by atoms with Gasteiger partial charge in [0.25, 0.3) is 0 Å². The minimum Gasteiger partial charge on any atom is -0.497 e. The average molecular weight is 303 g/mol. The Labute approximate surface area is 132 Å². The van der Waals surface area contributed by atoms with E-state index in [0.29, 0.717) is 6.04 Å². The number of thiophene rings is 1. The highest BCUT2D eigenvalue weighted by Gasteiger charge is 2.09. The van der Waals surface area contributed by atoms with E-state index in [1.165, 1.54) is 29.7 Å². The van der Waals surface area contributed by atoms with Crippen LogP contribution in [0.5, 0.6) is 5.75 Å². The van der Waals surface area contributed by atoms with Crippen molar-refractivity contribution in [1.29, 1.82) is 0 Å². The zero-order chi connectivity index (χ0) is 14.9. The maximum absolute atomic E-state index is 5.31. The van der Waals surface area contributed by atoms with E-state index in [1.54, 1.807) is 7.11 Å². The van der Waals surface area contributed by atoms with Gasteiger partial charge in [0, 0.05) is 10.9 Å². The van der Waals surface area contributed by atoms with Gasteiger partial charge in [0.2, 0.25) is 0 Å². The lowest BCUT2D eigenvalue weighted by Crippen LogP contribution is -2.31. The Balaban J connectivity index is 1.85. The number of benzene rings is 1. The second kappa shape index (κ2) is 8.85. The molecule has 1 atom stereocenters. The molecule has 1 aromatic heterocycles. The van der Waals surface area contributed by atoms with Crippen molar-refractivity contribution in [2.75, 3.05) is 13.7 Å². The predicted molar refractivity (Wildman–Crippen MR) is 91.4 cm³/mol. The van der Waals surface area contributed by atoms with Crippen LogP contribution < -0.4 is 10.1 Å². The fraction of sp³-hybridized carbons (Fsp3) is 0.444. The molecule has 114 valence electrons. The van der Waals surface area contributed by atoms with E-state index >= 15 is 0 Å². The van der Waals surface area contributed by atoms with E-state index in [9.17, 15) is 0 Å². The van der Waals surface area contributed by atoms with Gasteiger partial charge in [-0.05, 0) is 61.4 Å². The quantitative estimate of drug-likeness (QED) is 0.745. The standard InChI is InChI=1S/C18H25NOS/c1-3-19-16(8-5-10-18-11-6-12-21-18)13-15-7-4-9-17(14-15)20-2/h4,6-7,9,11-12,14,16,19H,3,5,8,10,13H2,1-2H3. The largest absolute Gasteiger partial charge is 0.497 e. The molecule has 0 aliphatic rings. The van der Waals surface area contributed by atoms with Crippen molar-refractivity contribution in [3.05, 3.63) is 52.2 Å². The van der Waals surface area contributed by atoms with Crippen LogP contribution in [0.2, 0.25) is 0 Å². The summed E-state index contributed by atoms with van der Waals surface area (Å²) in [7, 11) is 1.72. The van der Waals surface area contributed by atoms with Gasteiger partial charge in [-0.3, -0.25) is 0 Å². The summed E-state index contributed by atoms with van der Waals surface area (Å²) in [6.45, 7) is 3.20. The highest BCUT2D eigenvalue weighted by Crippen LogP contribution is 2.17. The minimum absolute atomic E-state index is 0.544.